The van der Waals surface area contributed by atoms with E-state index in [0.717, 1.165) is 27.9 Å². The maximum Gasteiger partial charge on any atom is 0.266 e. The molecule has 0 fully saturated rings. The van der Waals surface area contributed by atoms with Crippen molar-refractivity contribution in [3.63, 3.8) is 0 Å². The van der Waals surface area contributed by atoms with Crippen LogP contribution < -0.4 is 11.0 Å². The summed E-state index contributed by atoms with van der Waals surface area (Å²) < 4.78 is 1.58. The van der Waals surface area contributed by atoms with Gasteiger partial charge in [0.15, 0.2) is 5.16 Å². The molecule has 0 unspecified atom stereocenters. The van der Waals surface area contributed by atoms with Gasteiger partial charge in [0.2, 0.25) is 0 Å². The molecule has 4 aromatic carbocycles. The Morgan fingerprint density at radius 2 is 1.53 bits per heavy atom. The fourth-order valence-corrected chi connectivity index (χ4v) is 4.94. The number of amides is 1. The monoisotopic (exact) mass is 518 g/mol. The number of hydrazone groups is 1. The van der Waals surface area contributed by atoms with Gasteiger partial charge in [0.1, 0.15) is 0 Å². The van der Waals surface area contributed by atoms with Crippen molar-refractivity contribution in [2.75, 3.05) is 5.75 Å². The van der Waals surface area contributed by atoms with Crippen molar-refractivity contribution in [3.8, 4) is 16.8 Å². The zero-order valence-corrected chi connectivity index (χ0v) is 21.9. The Kier molecular flexibility index (Phi) is 7.47. The first-order valence-electron chi connectivity index (χ1n) is 12.2. The second kappa shape index (κ2) is 11.3. The molecule has 188 valence electrons. The first-order chi connectivity index (χ1) is 18.5. The molecule has 1 amide bonds. The number of nitrogens with one attached hydrogen (secondary N) is 1. The average molecular weight is 519 g/mol. The molecule has 1 heterocycles. The summed E-state index contributed by atoms with van der Waals surface area (Å²) in [6.07, 6.45) is 0. The number of hydrogen-bond donors (Lipinski definition) is 1. The summed E-state index contributed by atoms with van der Waals surface area (Å²) in [5, 5.41) is 5.27. The van der Waals surface area contributed by atoms with E-state index in [1.807, 2.05) is 92.7 Å². The maximum absolute atomic E-state index is 13.4. The minimum atomic E-state index is -0.283. The number of fused-ring (bicyclic) bond motifs is 1. The van der Waals surface area contributed by atoms with Crippen molar-refractivity contribution in [2.24, 2.45) is 5.10 Å². The zero-order valence-electron chi connectivity index (χ0n) is 21.1. The lowest BCUT2D eigenvalue weighted by Crippen LogP contribution is -2.25. The number of benzene rings is 4. The van der Waals surface area contributed by atoms with Crippen LogP contribution in [0.25, 0.3) is 27.7 Å². The van der Waals surface area contributed by atoms with E-state index in [1.54, 1.807) is 16.7 Å². The predicted molar refractivity (Wildman–Crippen MR) is 155 cm³/mol. The van der Waals surface area contributed by atoms with E-state index in [4.69, 9.17) is 4.98 Å². The Bertz CT molecular complexity index is 1690. The summed E-state index contributed by atoms with van der Waals surface area (Å²) in [6.45, 7) is 3.80. The van der Waals surface area contributed by atoms with Gasteiger partial charge in [-0.2, -0.15) is 5.10 Å². The molecule has 5 rings (SSSR count). The molecular weight excluding hydrogens is 492 g/mol. The van der Waals surface area contributed by atoms with Crippen LogP contribution >= 0.6 is 11.8 Å². The Morgan fingerprint density at radius 1 is 0.868 bits per heavy atom. The normalized spacial score (nSPS) is 11.5. The Balaban J connectivity index is 1.32. The Morgan fingerprint density at radius 3 is 2.29 bits per heavy atom. The Hall–Kier alpha value is -4.49. The van der Waals surface area contributed by atoms with Gasteiger partial charge in [-0.15, -0.1) is 0 Å². The van der Waals surface area contributed by atoms with Crippen molar-refractivity contribution in [3.05, 3.63) is 125 Å². The molecule has 1 N–H and O–H groups in total. The van der Waals surface area contributed by atoms with Crippen molar-refractivity contribution in [1.29, 1.82) is 0 Å². The summed E-state index contributed by atoms with van der Waals surface area (Å²) in [4.78, 5) is 30.8. The van der Waals surface area contributed by atoms with Crippen molar-refractivity contribution >= 4 is 34.3 Å². The van der Waals surface area contributed by atoms with E-state index in [2.05, 4.69) is 22.7 Å². The van der Waals surface area contributed by atoms with Gasteiger partial charge in [-0.05, 0) is 54.3 Å². The highest BCUT2D eigenvalue weighted by Gasteiger charge is 2.16. The maximum atomic E-state index is 13.4. The molecule has 7 heteroatoms. The van der Waals surface area contributed by atoms with Gasteiger partial charge in [0.05, 0.1) is 28.1 Å². The second-order valence-electron chi connectivity index (χ2n) is 8.80. The van der Waals surface area contributed by atoms with Gasteiger partial charge in [-0.1, -0.05) is 96.7 Å². The largest absolute Gasteiger partial charge is 0.272 e. The van der Waals surface area contributed by atoms with Crippen molar-refractivity contribution in [1.82, 2.24) is 15.0 Å². The topological polar surface area (TPSA) is 76.3 Å². The molecule has 0 atom stereocenters. The average Bonchev–Trinajstić information content (AvgIpc) is 2.96. The lowest BCUT2D eigenvalue weighted by atomic mass is 10.0. The second-order valence-corrected chi connectivity index (χ2v) is 9.75. The van der Waals surface area contributed by atoms with Gasteiger partial charge < -0.3 is 0 Å². The molecule has 38 heavy (non-hydrogen) atoms. The summed E-state index contributed by atoms with van der Waals surface area (Å²) in [5.41, 5.74) is 8.62. The molecule has 0 saturated heterocycles. The van der Waals surface area contributed by atoms with Crippen LogP contribution in [-0.4, -0.2) is 26.9 Å². The Labute approximate surface area is 225 Å². The van der Waals surface area contributed by atoms with Crippen LogP contribution in [-0.2, 0) is 4.79 Å². The van der Waals surface area contributed by atoms with E-state index in [0.29, 0.717) is 21.8 Å². The molecular formula is C31H26N4O2S. The van der Waals surface area contributed by atoms with Gasteiger partial charge in [-0.25, -0.2) is 10.4 Å². The number of para-hydroxylation sites is 2. The van der Waals surface area contributed by atoms with Gasteiger partial charge in [-0.3, -0.25) is 14.2 Å². The summed E-state index contributed by atoms with van der Waals surface area (Å²) >= 11 is 1.21. The van der Waals surface area contributed by atoms with Gasteiger partial charge >= 0.3 is 0 Å². The lowest BCUT2D eigenvalue weighted by Gasteiger charge is -2.14. The number of nitrogens with zero attached hydrogens (tertiary/aromatic N) is 3. The van der Waals surface area contributed by atoms with E-state index in [1.165, 1.54) is 11.8 Å². The van der Waals surface area contributed by atoms with E-state index in [-0.39, 0.29) is 17.2 Å². The molecule has 5 aromatic rings. The van der Waals surface area contributed by atoms with Crippen LogP contribution in [0.3, 0.4) is 0 Å². The fraction of sp³-hybridized carbons (Fsp3) is 0.0968. The quantitative estimate of drug-likeness (QED) is 0.124. The summed E-state index contributed by atoms with van der Waals surface area (Å²) in [5.74, 6) is -0.227. The third kappa shape index (κ3) is 5.43. The van der Waals surface area contributed by atoms with Crippen LogP contribution in [0, 0.1) is 6.92 Å². The molecule has 0 saturated carbocycles. The molecule has 0 aliphatic rings. The highest BCUT2D eigenvalue weighted by molar-refractivity contribution is 7.99. The number of carbonyl (C=O) groups is 1. The van der Waals surface area contributed by atoms with Crippen LogP contribution in [0.4, 0.5) is 0 Å². The minimum absolute atomic E-state index is 0.0559. The summed E-state index contributed by atoms with van der Waals surface area (Å²) in [6, 6.07) is 33.1. The molecule has 0 radical (unpaired) electrons. The van der Waals surface area contributed by atoms with E-state index in [9.17, 15) is 9.59 Å². The first kappa shape index (κ1) is 25.2. The highest BCUT2D eigenvalue weighted by Crippen LogP contribution is 2.23. The molecule has 0 aliphatic heterocycles. The number of aromatic nitrogens is 2. The number of carbonyl (C=O) groups excluding carboxylic acids is 1. The van der Waals surface area contributed by atoms with E-state index < -0.39 is 0 Å². The predicted octanol–water partition coefficient (Wildman–Crippen LogP) is 5.99. The third-order valence-corrected chi connectivity index (χ3v) is 7.13. The van der Waals surface area contributed by atoms with Crippen molar-refractivity contribution in [2.45, 2.75) is 19.0 Å². The number of thioether (sulfide) groups is 1. The number of rotatable bonds is 7. The first-order valence-corrected chi connectivity index (χ1v) is 13.2. The molecule has 0 bridgehead atoms. The van der Waals surface area contributed by atoms with Crippen LogP contribution in [0.1, 0.15) is 18.1 Å². The van der Waals surface area contributed by atoms with E-state index >= 15 is 0 Å². The van der Waals surface area contributed by atoms with Gasteiger partial charge in [0.25, 0.3) is 11.5 Å². The van der Waals surface area contributed by atoms with Crippen molar-refractivity contribution < 1.29 is 4.79 Å². The zero-order chi connectivity index (χ0) is 26.5. The van der Waals surface area contributed by atoms with Crippen LogP contribution in [0.5, 0.6) is 0 Å². The molecule has 0 spiro atoms. The number of aryl methyl sites for hydroxylation is 1. The van der Waals surface area contributed by atoms with Crippen LogP contribution in [0.15, 0.2) is 118 Å². The molecule has 0 aliphatic carbocycles. The van der Waals surface area contributed by atoms with Gasteiger partial charge in [0, 0.05) is 0 Å². The fourth-order valence-electron chi connectivity index (χ4n) is 4.14. The minimum Gasteiger partial charge on any atom is -0.272 e. The molecule has 1 aromatic heterocycles. The lowest BCUT2D eigenvalue weighted by molar-refractivity contribution is -0.118. The highest BCUT2D eigenvalue weighted by atomic mass is 32.2. The standard InChI is InChI=1S/C31H26N4O2S/c1-21-10-6-9-15-28(21)35-30(37)26-13-7-8-14-27(26)32-31(35)38-20-29(36)34-33-22(2)23-16-18-25(19-17-23)24-11-4-3-5-12-24/h3-19H,20H2,1-2H3,(H,34,36)/b33-22-. The number of hydrogen-bond acceptors (Lipinski definition) is 5. The molecule has 6 nitrogen and oxygen atoms in total. The van der Waals surface area contributed by atoms with Crippen LogP contribution in [0.2, 0.25) is 0 Å². The third-order valence-electron chi connectivity index (χ3n) is 6.19. The smallest absolute Gasteiger partial charge is 0.266 e. The SMILES string of the molecule is C/C(=N/NC(=O)CSc1nc2ccccc2c(=O)n1-c1ccccc1C)c1ccc(-c2ccccc2)cc1. The summed E-state index contributed by atoms with van der Waals surface area (Å²) in [7, 11) is 0.